The highest BCUT2D eigenvalue weighted by atomic mass is 32.2. The Hall–Kier alpha value is -0.620. The Labute approximate surface area is 106 Å². The summed E-state index contributed by atoms with van der Waals surface area (Å²) in [7, 11) is 0. The number of thioether (sulfide) groups is 1. The zero-order chi connectivity index (χ0) is 12.5. The van der Waals surface area contributed by atoms with E-state index in [1.807, 2.05) is 18.3 Å². The molecule has 0 aliphatic carbocycles. The Kier molecular flexibility index (Phi) is 7.19. The second-order valence-electron chi connectivity index (χ2n) is 3.83. The van der Waals surface area contributed by atoms with Crippen molar-refractivity contribution >= 4 is 11.8 Å². The van der Waals surface area contributed by atoms with Gasteiger partial charge in [-0.25, -0.2) is 4.98 Å². The molecule has 0 aliphatic rings. The third-order valence-corrected chi connectivity index (χ3v) is 3.28. The van der Waals surface area contributed by atoms with Crippen LogP contribution in [0, 0.1) is 0 Å². The van der Waals surface area contributed by atoms with Crippen LogP contribution < -0.4 is 5.32 Å². The molecule has 5 heteroatoms. The van der Waals surface area contributed by atoms with Gasteiger partial charge in [0, 0.05) is 18.5 Å². The zero-order valence-corrected chi connectivity index (χ0v) is 10.9. The molecule has 1 heterocycles. The molecular weight excluding hydrogens is 236 g/mol. The number of hydrogen-bond acceptors (Lipinski definition) is 5. The molecule has 1 rings (SSSR count). The van der Waals surface area contributed by atoms with E-state index < -0.39 is 6.10 Å². The summed E-state index contributed by atoms with van der Waals surface area (Å²) in [4.78, 5) is 4.29. The summed E-state index contributed by atoms with van der Waals surface area (Å²) in [5.41, 5.74) is 1.16. The van der Waals surface area contributed by atoms with Crippen LogP contribution in [0.1, 0.15) is 18.9 Å². The molecule has 1 unspecified atom stereocenters. The summed E-state index contributed by atoms with van der Waals surface area (Å²) in [6, 6.07) is 3.97. The normalized spacial score (nSPS) is 12.6. The molecule has 17 heavy (non-hydrogen) atoms. The van der Waals surface area contributed by atoms with Gasteiger partial charge in [0.25, 0.3) is 0 Å². The Morgan fingerprint density at radius 3 is 2.88 bits per heavy atom. The van der Waals surface area contributed by atoms with Crippen molar-refractivity contribution in [3.8, 4) is 0 Å². The Bertz CT molecular complexity index is 306. The summed E-state index contributed by atoms with van der Waals surface area (Å²) in [5, 5.41) is 22.1. The van der Waals surface area contributed by atoms with Gasteiger partial charge in [0.2, 0.25) is 0 Å². The summed E-state index contributed by atoms with van der Waals surface area (Å²) in [6.07, 6.45) is 2.30. The van der Waals surface area contributed by atoms with Crippen molar-refractivity contribution in [1.82, 2.24) is 10.3 Å². The lowest BCUT2D eigenvalue weighted by Gasteiger charge is -2.07. The van der Waals surface area contributed by atoms with Gasteiger partial charge in [0.15, 0.2) is 0 Å². The minimum atomic E-state index is -0.673. The van der Waals surface area contributed by atoms with Gasteiger partial charge in [-0.15, -0.1) is 11.8 Å². The van der Waals surface area contributed by atoms with Crippen molar-refractivity contribution in [1.29, 1.82) is 0 Å². The Morgan fingerprint density at radius 2 is 2.29 bits per heavy atom. The molecule has 0 aromatic carbocycles. The average molecular weight is 256 g/mol. The smallest absolute Gasteiger partial charge is 0.0960 e. The average Bonchev–Trinajstić information content (AvgIpc) is 2.37. The first-order valence-electron chi connectivity index (χ1n) is 5.83. The quantitative estimate of drug-likeness (QED) is 0.479. The van der Waals surface area contributed by atoms with Gasteiger partial charge in [0.05, 0.1) is 17.7 Å². The minimum Gasteiger partial charge on any atom is -0.394 e. The fourth-order valence-electron chi connectivity index (χ4n) is 1.24. The number of pyridine rings is 1. The van der Waals surface area contributed by atoms with E-state index in [1.165, 1.54) is 11.8 Å². The standard InChI is InChI=1S/C12H20N2O2S/c1-2-5-13-6-10-3-4-12(14-7-10)17-9-11(16)8-15/h3-4,7,11,13,15-16H,2,5-6,8-9H2,1H3. The van der Waals surface area contributed by atoms with Crippen LogP contribution in [-0.2, 0) is 6.54 Å². The summed E-state index contributed by atoms with van der Waals surface area (Å²) >= 11 is 1.45. The number of aromatic nitrogens is 1. The monoisotopic (exact) mass is 256 g/mol. The van der Waals surface area contributed by atoms with Crippen molar-refractivity contribution in [2.24, 2.45) is 0 Å². The highest BCUT2D eigenvalue weighted by molar-refractivity contribution is 7.99. The SMILES string of the molecule is CCCNCc1ccc(SCC(O)CO)nc1. The maximum absolute atomic E-state index is 9.21. The third kappa shape index (κ3) is 6.02. The first-order chi connectivity index (χ1) is 8.26. The Morgan fingerprint density at radius 1 is 1.47 bits per heavy atom. The van der Waals surface area contributed by atoms with Gasteiger partial charge < -0.3 is 15.5 Å². The molecule has 0 aliphatic heterocycles. The van der Waals surface area contributed by atoms with Crippen LogP contribution in [0.4, 0.5) is 0 Å². The van der Waals surface area contributed by atoms with Gasteiger partial charge >= 0.3 is 0 Å². The molecule has 96 valence electrons. The second kappa shape index (κ2) is 8.47. The van der Waals surface area contributed by atoms with E-state index in [4.69, 9.17) is 5.11 Å². The number of hydrogen-bond donors (Lipinski definition) is 3. The van der Waals surface area contributed by atoms with E-state index in [-0.39, 0.29) is 6.61 Å². The molecule has 0 fully saturated rings. The van der Waals surface area contributed by atoms with Crippen molar-refractivity contribution < 1.29 is 10.2 Å². The van der Waals surface area contributed by atoms with Crippen molar-refractivity contribution in [2.45, 2.75) is 31.0 Å². The zero-order valence-electron chi connectivity index (χ0n) is 10.1. The van der Waals surface area contributed by atoms with E-state index in [1.54, 1.807) is 0 Å². The number of aliphatic hydroxyl groups excluding tert-OH is 2. The van der Waals surface area contributed by atoms with Crippen LogP contribution in [0.15, 0.2) is 23.4 Å². The van der Waals surface area contributed by atoms with Gasteiger partial charge in [0.1, 0.15) is 0 Å². The van der Waals surface area contributed by atoms with E-state index in [2.05, 4.69) is 17.2 Å². The lowest BCUT2D eigenvalue weighted by atomic mass is 10.3. The highest BCUT2D eigenvalue weighted by Gasteiger charge is 2.03. The second-order valence-corrected chi connectivity index (χ2v) is 4.87. The molecule has 4 nitrogen and oxygen atoms in total. The van der Waals surface area contributed by atoms with Crippen molar-refractivity contribution in [2.75, 3.05) is 18.9 Å². The van der Waals surface area contributed by atoms with Gasteiger partial charge in [-0.05, 0) is 24.6 Å². The molecule has 1 aromatic heterocycles. The predicted molar refractivity (Wildman–Crippen MR) is 70.1 cm³/mol. The van der Waals surface area contributed by atoms with E-state index in [0.29, 0.717) is 5.75 Å². The molecule has 3 N–H and O–H groups in total. The molecule has 0 saturated carbocycles. The van der Waals surface area contributed by atoms with E-state index in [9.17, 15) is 5.11 Å². The number of rotatable bonds is 8. The largest absolute Gasteiger partial charge is 0.394 e. The molecule has 0 amide bonds. The van der Waals surface area contributed by atoms with E-state index >= 15 is 0 Å². The first-order valence-corrected chi connectivity index (χ1v) is 6.82. The van der Waals surface area contributed by atoms with Crippen LogP contribution in [0.5, 0.6) is 0 Å². The fourth-order valence-corrected chi connectivity index (χ4v) is 2.00. The third-order valence-electron chi connectivity index (χ3n) is 2.19. The topological polar surface area (TPSA) is 65.4 Å². The fraction of sp³-hybridized carbons (Fsp3) is 0.583. The molecule has 1 atom stereocenters. The molecular formula is C12H20N2O2S. The van der Waals surface area contributed by atoms with Crippen molar-refractivity contribution in [3.05, 3.63) is 23.9 Å². The highest BCUT2D eigenvalue weighted by Crippen LogP contribution is 2.16. The lowest BCUT2D eigenvalue weighted by molar-refractivity contribution is 0.113. The van der Waals surface area contributed by atoms with Gasteiger partial charge in [-0.2, -0.15) is 0 Å². The first kappa shape index (κ1) is 14.4. The van der Waals surface area contributed by atoms with Gasteiger partial charge in [-0.3, -0.25) is 0 Å². The Balaban J connectivity index is 2.34. The molecule has 1 aromatic rings. The summed E-state index contributed by atoms with van der Waals surface area (Å²) in [5.74, 6) is 0.469. The molecule has 0 saturated heterocycles. The molecule has 0 radical (unpaired) electrons. The molecule has 0 spiro atoms. The van der Waals surface area contributed by atoms with E-state index in [0.717, 1.165) is 30.1 Å². The van der Waals surface area contributed by atoms with Crippen LogP contribution in [0.2, 0.25) is 0 Å². The number of nitrogens with zero attached hydrogens (tertiary/aromatic N) is 1. The maximum Gasteiger partial charge on any atom is 0.0960 e. The van der Waals surface area contributed by atoms with Crippen LogP contribution in [-0.4, -0.2) is 40.2 Å². The minimum absolute atomic E-state index is 0.202. The van der Waals surface area contributed by atoms with Crippen LogP contribution in [0.3, 0.4) is 0 Å². The van der Waals surface area contributed by atoms with Gasteiger partial charge in [-0.1, -0.05) is 13.0 Å². The lowest BCUT2D eigenvalue weighted by Crippen LogP contribution is -2.15. The number of nitrogens with one attached hydrogen (secondary N) is 1. The summed E-state index contributed by atoms with van der Waals surface area (Å²) < 4.78 is 0. The maximum atomic E-state index is 9.21. The molecule has 0 bridgehead atoms. The van der Waals surface area contributed by atoms with Crippen molar-refractivity contribution in [3.63, 3.8) is 0 Å². The van der Waals surface area contributed by atoms with Crippen LogP contribution in [0.25, 0.3) is 0 Å². The number of aliphatic hydroxyl groups is 2. The van der Waals surface area contributed by atoms with Crippen LogP contribution >= 0.6 is 11.8 Å². The summed E-state index contributed by atoms with van der Waals surface area (Å²) in [6.45, 7) is 3.79. The predicted octanol–water partition coefficient (Wildman–Crippen LogP) is 1.03.